The number of methoxy groups -OCH3 is 1. The third-order valence-electron chi connectivity index (χ3n) is 3.88. The minimum Gasteiger partial charge on any atom is -0.497 e. The van der Waals surface area contributed by atoms with E-state index in [0.29, 0.717) is 5.13 Å². The Morgan fingerprint density at radius 2 is 2.08 bits per heavy atom. The zero-order valence-corrected chi connectivity index (χ0v) is 15.2. The lowest BCUT2D eigenvalue weighted by atomic mass is 10.1. The smallest absolute Gasteiger partial charge is 0.324 e. The van der Waals surface area contributed by atoms with Gasteiger partial charge < -0.3 is 15.0 Å². The molecule has 1 aliphatic rings. The second-order valence-electron chi connectivity index (χ2n) is 5.73. The van der Waals surface area contributed by atoms with Crippen molar-refractivity contribution in [1.29, 1.82) is 0 Å². The molecule has 9 heteroatoms. The number of rotatable bonds is 5. The van der Waals surface area contributed by atoms with Crippen LogP contribution in [0.3, 0.4) is 0 Å². The van der Waals surface area contributed by atoms with Gasteiger partial charge in [-0.1, -0.05) is 0 Å². The zero-order valence-electron chi connectivity index (χ0n) is 14.4. The summed E-state index contributed by atoms with van der Waals surface area (Å²) in [6.45, 7) is 2.03. The number of nitrogens with one attached hydrogen (secondary N) is 2. The molecule has 2 aromatic rings. The van der Waals surface area contributed by atoms with Crippen molar-refractivity contribution in [3.63, 3.8) is 0 Å². The monoisotopic (exact) mass is 374 g/mol. The van der Waals surface area contributed by atoms with Crippen molar-refractivity contribution < 1.29 is 19.1 Å². The molecule has 0 aliphatic carbocycles. The summed E-state index contributed by atoms with van der Waals surface area (Å²) in [5.74, 6) is 0.0734. The van der Waals surface area contributed by atoms with E-state index in [2.05, 4.69) is 15.6 Å². The van der Waals surface area contributed by atoms with Crippen LogP contribution in [0.5, 0.6) is 5.75 Å². The van der Waals surface area contributed by atoms with Gasteiger partial charge in [-0.2, -0.15) is 0 Å². The maximum Gasteiger partial charge on any atom is 0.324 e. The molecule has 0 spiro atoms. The van der Waals surface area contributed by atoms with Gasteiger partial charge in [0.05, 0.1) is 12.8 Å². The summed E-state index contributed by atoms with van der Waals surface area (Å²) in [7, 11) is 1.61. The average molecular weight is 374 g/mol. The summed E-state index contributed by atoms with van der Waals surface area (Å²) in [6.07, 6.45) is 0.191. The van der Waals surface area contributed by atoms with Crippen molar-refractivity contribution in [3.8, 4) is 17.0 Å². The van der Waals surface area contributed by atoms with Crippen molar-refractivity contribution in [1.82, 2.24) is 15.2 Å². The number of aryl methyl sites for hydroxylation is 1. The summed E-state index contributed by atoms with van der Waals surface area (Å²) in [5, 5.41) is 5.36. The highest BCUT2D eigenvalue weighted by Crippen LogP contribution is 2.31. The molecule has 26 heavy (non-hydrogen) atoms. The SMILES string of the molecule is COc1ccc(-c2nc(NC(=O)CN3CCC(=O)NC3=O)sc2C)cc1. The minimum absolute atomic E-state index is 0.129. The second kappa shape index (κ2) is 7.52. The highest BCUT2D eigenvalue weighted by atomic mass is 32.1. The molecule has 0 atom stereocenters. The molecule has 3 rings (SSSR count). The highest BCUT2D eigenvalue weighted by molar-refractivity contribution is 7.16. The summed E-state index contributed by atoms with van der Waals surface area (Å²) in [6, 6.07) is 6.96. The number of nitrogens with zero attached hydrogens (tertiary/aromatic N) is 2. The Hall–Kier alpha value is -2.94. The Morgan fingerprint density at radius 3 is 2.73 bits per heavy atom. The summed E-state index contributed by atoms with van der Waals surface area (Å²) < 4.78 is 5.15. The number of carbonyl (C=O) groups is 3. The molecule has 1 aromatic heterocycles. The summed E-state index contributed by atoms with van der Waals surface area (Å²) in [5.41, 5.74) is 1.71. The van der Waals surface area contributed by atoms with Crippen LogP contribution in [-0.4, -0.2) is 47.9 Å². The van der Waals surface area contributed by atoms with Gasteiger partial charge in [0.1, 0.15) is 12.3 Å². The Kier molecular flexibility index (Phi) is 5.17. The van der Waals surface area contributed by atoms with Gasteiger partial charge in [0.2, 0.25) is 11.8 Å². The maximum absolute atomic E-state index is 12.2. The van der Waals surface area contributed by atoms with Gasteiger partial charge in [0.15, 0.2) is 5.13 Å². The van der Waals surface area contributed by atoms with Gasteiger partial charge in [-0.25, -0.2) is 9.78 Å². The Labute approximate surface area is 154 Å². The predicted octanol–water partition coefficient (Wildman–Crippen LogP) is 2.01. The number of thiazole rings is 1. The number of urea groups is 1. The van der Waals surface area contributed by atoms with E-state index < -0.39 is 6.03 Å². The molecule has 1 aliphatic heterocycles. The van der Waals surface area contributed by atoms with Crippen LogP contribution in [0, 0.1) is 6.92 Å². The largest absolute Gasteiger partial charge is 0.497 e. The molecule has 1 fully saturated rings. The normalized spacial score (nSPS) is 14.2. The summed E-state index contributed by atoms with van der Waals surface area (Å²) in [4.78, 5) is 41.7. The lowest BCUT2D eigenvalue weighted by molar-refractivity contribution is -0.123. The zero-order chi connectivity index (χ0) is 18.7. The topological polar surface area (TPSA) is 101 Å². The molecule has 8 nitrogen and oxygen atoms in total. The van der Waals surface area contributed by atoms with Gasteiger partial charge in [0.25, 0.3) is 0 Å². The molecule has 1 aromatic carbocycles. The van der Waals surface area contributed by atoms with Crippen LogP contribution in [0.15, 0.2) is 24.3 Å². The van der Waals surface area contributed by atoms with Crippen molar-refractivity contribution in [2.24, 2.45) is 0 Å². The summed E-state index contributed by atoms with van der Waals surface area (Å²) >= 11 is 1.36. The van der Waals surface area contributed by atoms with E-state index in [9.17, 15) is 14.4 Å². The van der Waals surface area contributed by atoms with Gasteiger partial charge in [-0.05, 0) is 31.2 Å². The van der Waals surface area contributed by atoms with E-state index in [1.54, 1.807) is 7.11 Å². The molecule has 0 saturated carbocycles. The van der Waals surface area contributed by atoms with Gasteiger partial charge in [-0.15, -0.1) is 11.3 Å². The molecule has 0 bridgehead atoms. The fourth-order valence-electron chi connectivity index (χ4n) is 2.55. The quantitative estimate of drug-likeness (QED) is 0.834. The predicted molar refractivity (Wildman–Crippen MR) is 97.2 cm³/mol. The third-order valence-corrected chi connectivity index (χ3v) is 4.77. The number of anilines is 1. The number of imide groups is 1. The Bertz CT molecular complexity index is 847. The molecule has 4 amide bonds. The fraction of sp³-hybridized carbons (Fsp3) is 0.294. The molecule has 0 radical (unpaired) electrons. The van der Waals surface area contributed by atoms with E-state index in [-0.39, 0.29) is 31.3 Å². The number of hydrogen-bond acceptors (Lipinski definition) is 6. The number of amides is 4. The maximum atomic E-state index is 12.2. The van der Waals surface area contributed by atoms with Crippen LogP contribution >= 0.6 is 11.3 Å². The van der Waals surface area contributed by atoms with Crippen LogP contribution in [0.2, 0.25) is 0 Å². The number of carbonyl (C=O) groups excluding carboxylic acids is 3. The van der Waals surface area contributed by atoms with Crippen molar-refractivity contribution in [3.05, 3.63) is 29.1 Å². The van der Waals surface area contributed by atoms with Crippen molar-refractivity contribution in [2.75, 3.05) is 25.5 Å². The van der Waals surface area contributed by atoms with Gasteiger partial charge in [-0.3, -0.25) is 14.9 Å². The number of ether oxygens (including phenoxy) is 1. The molecule has 2 N–H and O–H groups in total. The van der Waals surface area contributed by atoms with E-state index in [1.807, 2.05) is 31.2 Å². The van der Waals surface area contributed by atoms with Crippen LogP contribution in [0.25, 0.3) is 11.3 Å². The molecule has 2 heterocycles. The molecular formula is C17H18N4O4S. The lowest BCUT2D eigenvalue weighted by Crippen LogP contribution is -2.51. The Morgan fingerprint density at radius 1 is 1.35 bits per heavy atom. The van der Waals surface area contributed by atoms with E-state index in [0.717, 1.165) is 21.9 Å². The van der Waals surface area contributed by atoms with Crippen molar-refractivity contribution >= 4 is 34.3 Å². The molecule has 1 saturated heterocycles. The fourth-order valence-corrected chi connectivity index (χ4v) is 3.40. The van der Waals surface area contributed by atoms with Gasteiger partial charge >= 0.3 is 6.03 Å². The molecular weight excluding hydrogens is 356 g/mol. The van der Waals surface area contributed by atoms with Crippen LogP contribution in [0.1, 0.15) is 11.3 Å². The average Bonchev–Trinajstić information content (AvgIpc) is 2.97. The van der Waals surface area contributed by atoms with Crippen LogP contribution in [-0.2, 0) is 9.59 Å². The number of aromatic nitrogens is 1. The first-order valence-corrected chi connectivity index (χ1v) is 8.78. The standard InChI is InChI=1S/C17H18N4O4S/c1-10-15(11-3-5-12(25-2)6-4-11)20-16(26-10)18-14(23)9-21-8-7-13(22)19-17(21)24/h3-6H,7-9H2,1-2H3,(H,18,20,23)(H,19,22,24). The van der Waals surface area contributed by atoms with Crippen molar-refractivity contribution in [2.45, 2.75) is 13.3 Å². The third kappa shape index (κ3) is 3.99. The van der Waals surface area contributed by atoms with Gasteiger partial charge in [0, 0.05) is 23.4 Å². The first kappa shape index (κ1) is 17.9. The molecule has 136 valence electrons. The second-order valence-corrected chi connectivity index (χ2v) is 6.93. The lowest BCUT2D eigenvalue weighted by Gasteiger charge is -2.25. The molecule has 0 unspecified atom stereocenters. The first-order chi connectivity index (χ1) is 12.5. The first-order valence-electron chi connectivity index (χ1n) is 7.96. The van der Waals surface area contributed by atoms with E-state index in [1.165, 1.54) is 16.2 Å². The van der Waals surface area contributed by atoms with Crippen LogP contribution in [0.4, 0.5) is 9.93 Å². The van der Waals surface area contributed by atoms with Crippen LogP contribution < -0.4 is 15.4 Å². The van der Waals surface area contributed by atoms with E-state index in [4.69, 9.17) is 4.74 Å². The highest BCUT2D eigenvalue weighted by Gasteiger charge is 2.25. The Balaban J connectivity index is 1.66. The number of benzene rings is 1. The number of hydrogen-bond donors (Lipinski definition) is 2. The minimum atomic E-state index is -0.550. The van der Waals surface area contributed by atoms with E-state index >= 15 is 0 Å².